The minimum absolute atomic E-state index is 0.400. The van der Waals surface area contributed by atoms with Gasteiger partial charge in [-0.3, -0.25) is 4.57 Å². The number of aromatic nitrogens is 1. The quantitative estimate of drug-likeness (QED) is 0.782. The van der Waals surface area contributed by atoms with Crippen molar-refractivity contribution in [3.05, 3.63) is 45.7 Å². The van der Waals surface area contributed by atoms with E-state index in [0.29, 0.717) is 30.2 Å². The molecule has 0 spiro atoms. The van der Waals surface area contributed by atoms with Crippen LogP contribution in [0.3, 0.4) is 0 Å². The van der Waals surface area contributed by atoms with Crippen molar-refractivity contribution in [1.82, 2.24) is 9.47 Å². The number of urea groups is 1. The van der Waals surface area contributed by atoms with E-state index in [4.69, 9.17) is 4.74 Å². The molecule has 0 N–H and O–H groups in total. The Morgan fingerprint density at radius 2 is 1.96 bits per heavy atom. The summed E-state index contributed by atoms with van der Waals surface area (Å²) in [7, 11) is 1.55. The van der Waals surface area contributed by atoms with Gasteiger partial charge in [0.2, 0.25) is 0 Å². The molecule has 9 heteroatoms. The topological polar surface area (TPSA) is 46.8 Å². The van der Waals surface area contributed by atoms with E-state index < -0.39 is 17.8 Å². The maximum atomic E-state index is 12.7. The Morgan fingerprint density at radius 1 is 1.31 bits per heavy atom. The van der Waals surface area contributed by atoms with Gasteiger partial charge in [0.25, 0.3) is 0 Å². The number of thiazole rings is 1. The Bertz CT molecular complexity index is 810. The lowest BCUT2D eigenvalue weighted by atomic mass is 10.2. The van der Waals surface area contributed by atoms with E-state index in [1.54, 1.807) is 17.9 Å². The molecule has 2 amide bonds. The van der Waals surface area contributed by atoms with Gasteiger partial charge in [0, 0.05) is 37.0 Å². The zero-order valence-electron chi connectivity index (χ0n) is 14.7. The Morgan fingerprint density at radius 3 is 2.50 bits per heavy atom. The summed E-state index contributed by atoms with van der Waals surface area (Å²) in [5.74, 6) is 0. The molecule has 5 nitrogen and oxygen atoms in total. The van der Waals surface area contributed by atoms with Crippen LogP contribution < -0.4 is 4.80 Å². The van der Waals surface area contributed by atoms with E-state index in [-0.39, 0.29) is 0 Å². The second kappa shape index (κ2) is 8.50. The molecule has 0 saturated carbocycles. The van der Waals surface area contributed by atoms with Crippen molar-refractivity contribution < 1.29 is 22.7 Å². The van der Waals surface area contributed by atoms with Crippen LogP contribution in [-0.2, 0) is 10.9 Å². The number of amides is 2. The number of likely N-dealkylation sites (N-methyl/N-ethyl adjacent to an activating group) is 1. The highest BCUT2D eigenvalue weighted by molar-refractivity contribution is 7.09. The molecule has 0 atom stereocenters. The summed E-state index contributed by atoms with van der Waals surface area (Å²) < 4.78 is 44.8. The summed E-state index contributed by atoms with van der Waals surface area (Å²) in [6.07, 6.45) is -2.65. The molecule has 0 radical (unpaired) electrons. The fourth-order valence-electron chi connectivity index (χ4n) is 2.27. The molecule has 0 aliphatic rings. The minimum Gasteiger partial charge on any atom is -0.383 e. The molecule has 26 heavy (non-hydrogen) atoms. The van der Waals surface area contributed by atoms with Crippen LogP contribution in [0.4, 0.5) is 18.0 Å². The Hall–Kier alpha value is -2.13. The van der Waals surface area contributed by atoms with Crippen LogP contribution in [0, 0.1) is 6.92 Å². The molecule has 0 aliphatic heterocycles. The second-order valence-corrected chi connectivity index (χ2v) is 6.72. The minimum atomic E-state index is -4.39. The van der Waals surface area contributed by atoms with Gasteiger partial charge in [-0.05, 0) is 38.1 Å². The second-order valence-electron chi connectivity index (χ2n) is 5.51. The molecule has 0 bridgehead atoms. The molecule has 2 aromatic rings. The van der Waals surface area contributed by atoms with E-state index >= 15 is 0 Å². The number of rotatable bonds is 5. The molecule has 1 aromatic heterocycles. The monoisotopic (exact) mass is 387 g/mol. The molecular formula is C17H20F3N3O2S. The zero-order valence-corrected chi connectivity index (χ0v) is 15.5. The van der Waals surface area contributed by atoms with Crippen molar-refractivity contribution in [3.63, 3.8) is 0 Å². The van der Waals surface area contributed by atoms with Crippen LogP contribution in [0.25, 0.3) is 5.69 Å². The first-order valence-corrected chi connectivity index (χ1v) is 8.77. The molecule has 0 fully saturated rings. The van der Waals surface area contributed by atoms with Crippen LogP contribution in [0.1, 0.15) is 17.4 Å². The van der Waals surface area contributed by atoms with Gasteiger partial charge < -0.3 is 9.64 Å². The first-order valence-electron chi connectivity index (χ1n) is 7.95. The standard InChI is InChI=1S/C17H20F3N3O2S/c1-4-22(9-10-25-3)15(24)21-16-23(11-12(2)26-16)14-7-5-13(6-8-14)17(18,19)20/h5-8,11H,4,9-10H2,1-3H3. The smallest absolute Gasteiger partial charge is 0.383 e. The van der Waals surface area contributed by atoms with Gasteiger partial charge in [-0.25, -0.2) is 4.79 Å². The van der Waals surface area contributed by atoms with Crippen LogP contribution >= 0.6 is 11.3 Å². The van der Waals surface area contributed by atoms with E-state index in [2.05, 4.69) is 4.99 Å². The molecule has 0 saturated heterocycles. The largest absolute Gasteiger partial charge is 0.416 e. The third-order valence-corrected chi connectivity index (χ3v) is 4.55. The number of nitrogens with zero attached hydrogens (tertiary/aromatic N) is 3. The van der Waals surface area contributed by atoms with Crippen LogP contribution in [0.15, 0.2) is 35.5 Å². The zero-order chi connectivity index (χ0) is 19.3. The number of hydrogen-bond donors (Lipinski definition) is 0. The van der Waals surface area contributed by atoms with Crippen LogP contribution in [-0.4, -0.2) is 42.3 Å². The lowest BCUT2D eigenvalue weighted by molar-refractivity contribution is -0.137. The van der Waals surface area contributed by atoms with Gasteiger partial charge in [-0.15, -0.1) is 11.3 Å². The normalized spacial score (nSPS) is 12.5. The number of benzene rings is 1. The first kappa shape index (κ1) is 20.2. The van der Waals surface area contributed by atoms with Gasteiger partial charge in [0.15, 0.2) is 4.80 Å². The summed E-state index contributed by atoms with van der Waals surface area (Å²) in [5.41, 5.74) is -0.214. The number of ether oxygens (including phenoxy) is 1. The third-order valence-electron chi connectivity index (χ3n) is 3.65. The van der Waals surface area contributed by atoms with Gasteiger partial charge in [-0.1, -0.05) is 0 Å². The summed E-state index contributed by atoms with van der Waals surface area (Å²) in [5, 5.41) is 0. The number of alkyl halides is 3. The highest BCUT2D eigenvalue weighted by Gasteiger charge is 2.30. The van der Waals surface area contributed by atoms with Crippen molar-refractivity contribution >= 4 is 17.4 Å². The summed E-state index contributed by atoms with van der Waals surface area (Å²) >= 11 is 1.29. The Labute approximate surface area is 153 Å². The number of carbonyl (C=O) groups excluding carboxylic acids is 1. The summed E-state index contributed by atoms with van der Waals surface area (Å²) in [6, 6.07) is 4.34. The van der Waals surface area contributed by atoms with E-state index in [0.717, 1.165) is 17.0 Å². The Kier molecular flexibility index (Phi) is 6.60. The van der Waals surface area contributed by atoms with E-state index in [9.17, 15) is 18.0 Å². The number of methoxy groups -OCH3 is 1. The maximum absolute atomic E-state index is 12.7. The predicted octanol–water partition coefficient (Wildman–Crippen LogP) is 3.86. The lowest BCUT2D eigenvalue weighted by Gasteiger charge is -2.17. The van der Waals surface area contributed by atoms with Crippen molar-refractivity contribution in [2.75, 3.05) is 26.8 Å². The highest BCUT2D eigenvalue weighted by atomic mass is 32.1. The lowest BCUT2D eigenvalue weighted by Crippen LogP contribution is -2.33. The van der Waals surface area contributed by atoms with E-state index in [1.807, 2.05) is 13.8 Å². The number of halogens is 3. The SMILES string of the molecule is CCN(CCOC)C(=O)N=c1sc(C)cn1-c1ccc(C(F)(F)F)cc1. The van der Waals surface area contributed by atoms with Crippen molar-refractivity contribution in [1.29, 1.82) is 0 Å². The average molecular weight is 387 g/mol. The van der Waals surface area contributed by atoms with Crippen molar-refractivity contribution in [2.24, 2.45) is 4.99 Å². The van der Waals surface area contributed by atoms with Gasteiger partial charge in [-0.2, -0.15) is 18.2 Å². The molecule has 0 unspecified atom stereocenters. The van der Waals surface area contributed by atoms with Crippen LogP contribution in [0.5, 0.6) is 0 Å². The number of hydrogen-bond acceptors (Lipinski definition) is 3. The molecule has 1 aromatic carbocycles. The number of carbonyl (C=O) groups is 1. The fraction of sp³-hybridized carbons (Fsp3) is 0.412. The van der Waals surface area contributed by atoms with Gasteiger partial charge in [0.05, 0.1) is 12.2 Å². The third kappa shape index (κ3) is 4.95. The first-order chi connectivity index (χ1) is 12.3. The Balaban J connectivity index is 2.36. The molecular weight excluding hydrogens is 367 g/mol. The molecule has 1 heterocycles. The van der Waals surface area contributed by atoms with E-state index in [1.165, 1.54) is 28.4 Å². The highest BCUT2D eigenvalue weighted by Crippen LogP contribution is 2.29. The van der Waals surface area contributed by atoms with Crippen LogP contribution in [0.2, 0.25) is 0 Å². The molecule has 0 aliphatic carbocycles. The van der Waals surface area contributed by atoms with Gasteiger partial charge >= 0.3 is 12.2 Å². The maximum Gasteiger partial charge on any atom is 0.416 e. The average Bonchev–Trinajstić information content (AvgIpc) is 2.95. The summed E-state index contributed by atoms with van der Waals surface area (Å²) in [6.45, 7) is 4.98. The van der Waals surface area contributed by atoms with Gasteiger partial charge in [0.1, 0.15) is 0 Å². The summed E-state index contributed by atoms with van der Waals surface area (Å²) in [4.78, 5) is 19.3. The van der Waals surface area contributed by atoms with Crippen molar-refractivity contribution in [2.45, 2.75) is 20.0 Å². The predicted molar refractivity (Wildman–Crippen MR) is 93.5 cm³/mol. The fourth-order valence-corrected chi connectivity index (χ4v) is 3.10. The number of aryl methyl sites for hydroxylation is 1. The molecule has 142 valence electrons. The van der Waals surface area contributed by atoms with Crippen molar-refractivity contribution in [3.8, 4) is 5.69 Å². The molecule has 2 rings (SSSR count).